The zero-order chi connectivity index (χ0) is 8.72. The van der Waals surface area contributed by atoms with Crippen molar-refractivity contribution in [1.29, 1.82) is 0 Å². The second kappa shape index (κ2) is 2.45. The van der Waals surface area contributed by atoms with Crippen molar-refractivity contribution in [2.45, 2.75) is 6.92 Å². The van der Waals surface area contributed by atoms with Gasteiger partial charge in [-0.3, -0.25) is 4.40 Å². The van der Waals surface area contributed by atoms with Gasteiger partial charge in [0, 0.05) is 12.4 Å². The van der Waals surface area contributed by atoms with Crippen molar-refractivity contribution in [3.63, 3.8) is 0 Å². The quantitative estimate of drug-likeness (QED) is 0.743. The summed E-state index contributed by atoms with van der Waals surface area (Å²) in [6.07, 6.45) is 3.37. The topological polar surface area (TPSA) is 50.4 Å². The summed E-state index contributed by atoms with van der Waals surface area (Å²) in [5.41, 5.74) is 1.20. The largest absolute Gasteiger partial charge is 0.491 e. The fourth-order valence-corrected chi connectivity index (χ4v) is 1.43. The molecule has 4 nitrogen and oxygen atoms in total. The molecule has 62 valence electrons. The molecule has 0 fully saturated rings. The van der Waals surface area contributed by atoms with Gasteiger partial charge in [-0.05, 0) is 22.9 Å². The molecule has 2 heterocycles. The van der Waals surface area contributed by atoms with Gasteiger partial charge < -0.3 is 5.11 Å². The van der Waals surface area contributed by atoms with Crippen molar-refractivity contribution < 1.29 is 5.11 Å². The summed E-state index contributed by atoms with van der Waals surface area (Å²) in [5, 5.41) is 9.35. The first-order valence-electron chi connectivity index (χ1n) is 3.38. The Morgan fingerprint density at radius 2 is 2.33 bits per heavy atom. The average molecular weight is 228 g/mol. The standard InChI is InChI=1S/C7H6BrN3O/c1-4-5(8)11-3-2-9-6(11)7(12)10-4/h2-3H,1H3,(H,10,12). The van der Waals surface area contributed by atoms with Gasteiger partial charge in [0.25, 0.3) is 5.88 Å². The highest BCUT2D eigenvalue weighted by atomic mass is 79.9. The zero-order valence-electron chi connectivity index (χ0n) is 6.32. The second-order valence-electron chi connectivity index (χ2n) is 2.43. The smallest absolute Gasteiger partial charge is 0.256 e. The molecule has 5 heteroatoms. The van der Waals surface area contributed by atoms with Crippen LogP contribution in [0.3, 0.4) is 0 Å². The molecule has 0 aromatic carbocycles. The molecule has 0 spiro atoms. The van der Waals surface area contributed by atoms with Crippen molar-refractivity contribution in [2.75, 3.05) is 0 Å². The third-order valence-electron chi connectivity index (χ3n) is 1.62. The van der Waals surface area contributed by atoms with E-state index in [1.54, 1.807) is 16.8 Å². The van der Waals surface area contributed by atoms with E-state index in [4.69, 9.17) is 0 Å². The molecule has 0 aliphatic heterocycles. The van der Waals surface area contributed by atoms with E-state index in [-0.39, 0.29) is 5.88 Å². The van der Waals surface area contributed by atoms with E-state index in [2.05, 4.69) is 25.9 Å². The summed E-state index contributed by atoms with van der Waals surface area (Å²) in [4.78, 5) is 7.84. The van der Waals surface area contributed by atoms with Crippen LogP contribution in [0.1, 0.15) is 5.69 Å². The van der Waals surface area contributed by atoms with Gasteiger partial charge in [-0.2, -0.15) is 0 Å². The van der Waals surface area contributed by atoms with Gasteiger partial charge >= 0.3 is 0 Å². The summed E-state index contributed by atoms with van der Waals surface area (Å²) in [6, 6.07) is 0. The molecular formula is C7H6BrN3O. The molecule has 0 saturated carbocycles. The maximum Gasteiger partial charge on any atom is 0.256 e. The van der Waals surface area contributed by atoms with E-state index in [0.717, 1.165) is 10.3 Å². The maximum atomic E-state index is 9.35. The lowest BCUT2D eigenvalue weighted by Gasteiger charge is -2.01. The van der Waals surface area contributed by atoms with E-state index >= 15 is 0 Å². The van der Waals surface area contributed by atoms with Crippen molar-refractivity contribution >= 4 is 21.6 Å². The number of rotatable bonds is 0. The number of aromatic hydroxyl groups is 1. The molecule has 2 aromatic rings. The first-order valence-corrected chi connectivity index (χ1v) is 4.17. The van der Waals surface area contributed by atoms with Gasteiger partial charge in [0.15, 0.2) is 0 Å². The maximum absolute atomic E-state index is 9.35. The van der Waals surface area contributed by atoms with Crippen LogP contribution in [0.2, 0.25) is 0 Å². The van der Waals surface area contributed by atoms with Crippen LogP contribution in [0.4, 0.5) is 0 Å². The summed E-state index contributed by atoms with van der Waals surface area (Å²) >= 11 is 3.34. The van der Waals surface area contributed by atoms with Crippen LogP contribution in [0.15, 0.2) is 17.0 Å². The lowest BCUT2D eigenvalue weighted by atomic mass is 10.5. The molecule has 0 unspecified atom stereocenters. The fourth-order valence-electron chi connectivity index (χ4n) is 1.06. The SMILES string of the molecule is Cc1nc(O)c2nccn2c1Br. The van der Waals surface area contributed by atoms with Gasteiger partial charge in [0.1, 0.15) is 4.60 Å². The van der Waals surface area contributed by atoms with Crippen LogP contribution in [0, 0.1) is 6.92 Å². The molecule has 0 radical (unpaired) electrons. The summed E-state index contributed by atoms with van der Waals surface area (Å²) in [7, 11) is 0. The number of imidazole rings is 1. The van der Waals surface area contributed by atoms with Crippen molar-refractivity contribution in [1.82, 2.24) is 14.4 Å². The monoisotopic (exact) mass is 227 g/mol. The molecule has 2 aromatic heterocycles. The summed E-state index contributed by atoms with van der Waals surface area (Å²) < 4.78 is 2.55. The Kier molecular flexibility index (Phi) is 1.54. The highest BCUT2D eigenvalue weighted by molar-refractivity contribution is 9.10. The predicted octanol–water partition coefficient (Wildman–Crippen LogP) is 1.51. The lowest BCUT2D eigenvalue weighted by molar-refractivity contribution is 0.453. The molecule has 0 aliphatic rings. The third kappa shape index (κ3) is 0.896. The van der Waals surface area contributed by atoms with Crippen LogP contribution in [-0.4, -0.2) is 19.5 Å². The Bertz CT molecular complexity index is 437. The highest BCUT2D eigenvalue weighted by Gasteiger charge is 2.07. The number of fused-ring (bicyclic) bond motifs is 1. The molecule has 1 N–H and O–H groups in total. The molecule has 12 heavy (non-hydrogen) atoms. The van der Waals surface area contributed by atoms with Crippen molar-refractivity contribution in [2.24, 2.45) is 0 Å². The minimum Gasteiger partial charge on any atom is -0.491 e. The van der Waals surface area contributed by atoms with E-state index in [1.165, 1.54) is 0 Å². The number of halogens is 1. The van der Waals surface area contributed by atoms with Crippen LogP contribution in [0.5, 0.6) is 5.88 Å². The van der Waals surface area contributed by atoms with Crippen LogP contribution in [-0.2, 0) is 0 Å². The number of hydrogen-bond acceptors (Lipinski definition) is 3. The zero-order valence-corrected chi connectivity index (χ0v) is 7.91. The second-order valence-corrected chi connectivity index (χ2v) is 3.18. The molecule has 2 rings (SSSR count). The lowest BCUT2D eigenvalue weighted by Crippen LogP contribution is -1.93. The average Bonchev–Trinajstić information content (AvgIpc) is 2.48. The molecule has 0 amide bonds. The molecule has 0 saturated heterocycles. The minimum absolute atomic E-state index is 0.0410. The number of aryl methyl sites for hydroxylation is 1. The van der Waals surface area contributed by atoms with Crippen molar-refractivity contribution in [3.8, 4) is 5.88 Å². The van der Waals surface area contributed by atoms with Crippen LogP contribution >= 0.6 is 15.9 Å². The van der Waals surface area contributed by atoms with E-state index in [1.807, 2.05) is 6.92 Å². The Labute approximate surface area is 77.0 Å². The fraction of sp³-hybridized carbons (Fsp3) is 0.143. The van der Waals surface area contributed by atoms with E-state index < -0.39 is 0 Å². The molecule has 0 aliphatic carbocycles. The first-order chi connectivity index (χ1) is 5.70. The highest BCUT2D eigenvalue weighted by Crippen LogP contribution is 2.21. The Morgan fingerprint density at radius 3 is 3.08 bits per heavy atom. The predicted molar refractivity (Wildman–Crippen MR) is 47.1 cm³/mol. The molecule has 0 atom stereocenters. The van der Waals surface area contributed by atoms with Gasteiger partial charge in [-0.25, -0.2) is 9.97 Å². The van der Waals surface area contributed by atoms with E-state index in [9.17, 15) is 5.11 Å². The van der Waals surface area contributed by atoms with Gasteiger partial charge in [0.05, 0.1) is 5.69 Å². The Hall–Kier alpha value is -1.10. The van der Waals surface area contributed by atoms with E-state index in [0.29, 0.717) is 5.65 Å². The van der Waals surface area contributed by atoms with Crippen LogP contribution in [0.25, 0.3) is 5.65 Å². The van der Waals surface area contributed by atoms with Crippen molar-refractivity contribution in [3.05, 3.63) is 22.7 Å². The summed E-state index contributed by atoms with van der Waals surface area (Å²) in [5.74, 6) is -0.0410. The van der Waals surface area contributed by atoms with Gasteiger partial charge in [-0.15, -0.1) is 0 Å². The number of nitrogens with zero attached hydrogens (tertiary/aromatic N) is 3. The number of aromatic nitrogens is 3. The van der Waals surface area contributed by atoms with Gasteiger partial charge in [-0.1, -0.05) is 0 Å². The molecule has 0 bridgehead atoms. The normalized spacial score (nSPS) is 10.8. The molecular weight excluding hydrogens is 222 g/mol. The van der Waals surface area contributed by atoms with Gasteiger partial charge in [0.2, 0.25) is 5.65 Å². The van der Waals surface area contributed by atoms with Crippen LogP contribution < -0.4 is 0 Å². The Balaban J connectivity index is 2.97. The number of hydrogen-bond donors (Lipinski definition) is 1. The summed E-state index contributed by atoms with van der Waals surface area (Å²) in [6.45, 7) is 1.81. The third-order valence-corrected chi connectivity index (χ3v) is 2.58. The minimum atomic E-state index is -0.0410. The Morgan fingerprint density at radius 1 is 1.58 bits per heavy atom. The first kappa shape index (κ1) is 7.54.